The summed E-state index contributed by atoms with van der Waals surface area (Å²) in [6, 6.07) is 19.9. The van der Waals surface area contributed by atoms with Crippen molar-refractivity contribution in [2.75, 3.05) is 10.2 Å². The van der Waals surface area contributed by atoms with Gasteiger partial charge in [-0.3, -0.25) is 9.78 Å². The highest BCUT2D eigenvalue weighted by molar-refractivity contribution is 7.80. The van der Waals surface area contributed by atoms with Crippen LogP contribution in [0.4, 0.5) is 11.4 Å². The van der Waals surface area contributed by atoms with Crippen molar-refractivity contribution in [3.05, 3.63) is 101 Å². The van der Waals surface area contributed by atoms with Crippen molar-refractivity contribution in [1.82, 2.24) is 19.9 Å². The van der Waals surface area contributed by atoms with E-state index in [-0.39, 0.29) is 23.9 Å². The first-order valence-electron chi connectivity index (χ1n) is 12.8. The number of anilines is 2. The van der Waals surface area contributed by atoms with Gasteiger partial charge in [0.25, 0.3) is 0 Å². The molecule has 8 heteroatoms. The van der Waals surface area contributed by atoms with E-state index in [9.17, 15) is 4.79 Å². The topological polar surface area (TPSA) is 75.1 Å². The molecular formula is C30H32N6OS. The number of thiocarbonyl (C=S) groups is 1. The van der Waals surface area contributed by atoms with Crippen LogP contribution in [0.2, 0.25) is 0 Å². The van der Waals surface area contributed by atoms with Gasteiger partial charge in [0.2, 0.25) is 5.91 Å². The standard InChI is InChI=1S/C30H32N6OS/c1-18(2)29(37)33-24-13-12-22(16-19(24)3)36-28(27(34-30(36)38)25-10-6-8-14-31-25)23-17-20(4)35(21(23)5)26-11-7-9-15-32-26/h6-18,27-28H,1-5H3,(H,33,37)(H,34,38)/t27-,28-/m0/s1. The molecule has 2 atom stereocenters. The van der Waals surface area contributed by atoms with Crippen LogP contribution in [0.1, 0.15) is 54.1 Å². The Morgan fingerprint density at radius 1 is 1.00 bits per heavy atom. The van der Waals surface area contributed by atoms with Crippen molar-refractivity contribution in [1.29, 1.82) is 0 Å². The summed E-state index contributed by atoms with van der Waals surface area (Å²) >= 11 is 5.93. The van der Waals surface area contributed by atoms with Crippen LogP contribution in [0.15, 0.2) is 73.1 Å². The van der Waals surface area contributed by atoms with Gasteiger partial charge in [-0.1, -0.05) is 26.0 Å². The zero-order valence-corrected chi connectivity index (χ0v) is 23.1. The number of nitrogens with one attached hydrogen (secondary N) is 2. The normalized spacial score (nSPS) is 17.1. The lowest BCUT2D eigenvalue weighted by molar-refractivity contribution is -0.118. The van der Waals surface area contributed by atoms with E-state index in [1.54, 1.807) is 0 Å². The summed E-state index contributed by atoms with van der Waals surface area (Å²) in [5, 5.41) is 7.20. The summed E-state index contributed by atoms with van der Waals surface area (Å²) < 4.78 is 2.18. The van der Waals surface area contributed by atoms with Gasteiger partial charge in [-0.05, 0) is 92.6 Å². The van der Waals surface area contributed by atoms with Gasteiger partial charge in [0.05, 0.1) is 17.8 Å². The summed E-state index contributed by atoms with van der Waals surface area (Å²) in [4.78, 5) is 23.8. The first-order chi connectivity index (χ1) is 18.3. The van der Waals surface area contributed by atoms with E-state index < -0.39 is 0 Å². The molecule has 5 rings (SSSR count). The third-order valence-corrected chi connectivity index (χ3v) is 7.35. The zero-order valence-electron chi connectivity index (χ0n) is 22.3. The smallest absolute Gasteiger partial charge is 0.226 e. The van der Waals surface area contributed by atoms with Crippen molar-refractivity contribution in [2.45, 2.75) is 46.7 Å². The predicted octanol–water partition coefficient (Wildman–Crippen LogP) is 5.96. The van der Waals surface area contributed by atoms with Gasteiger partial charge in [0.1, 0.15) is 5.82 Å². The maximum absolute atomic E-state index is 12.3. The highest BCUT2D eigenvalue weighted by atomic mass is 32.1. The number of carbonyl (C=O) groups is 1. The summed E-state index contributed by atoms with van der Waals surface area (Å²) in [6.07, 6.45) is 3.62. The van der Waals surface area contributed by atoms with Crippen LogP contribution in [-0.4, -0.2) is 25.6 Å². The summed E-state index contributed by atoms with van der Waals surface area (Å²) in [5.74, 6) is 0.779. The Morgan fingerprint density at radius 3 is 2.37 bits per heavy atom. The second-order valence-electron chi connectivity index (χ2n) is 9.99. The van der Waals surface area contributed by atoms with E-state index >= 15 is 0 Å². The Bertz CT molecular complexity index is 1480. The molecule has 4 heterocycles. The molecule has 0 unspecified atom stereocenters. The number of hydrogen-bond acceptors (Lipinski definition) is 4. The van der Waals surface area contributed by atoms with Crippen LogP contribution in [-0.2, 0) is 4.79 Å². The molecule has 0 aliphatic carbocycles. The second kappa shape index (κ2) is 10.4. The fourth-order valence-corrected chi connectivity index (χ4v) is 5.44. The highest BCUT2D eigenvalue weighted by Crippen LogP contribution is 2.44. The molecule has 1 aliphatic rings. The molecule has 1 saturated heterocycles. The number of rotatable bonds is 6. The number of nitrogens with zero attached hydrogens (tertiary/aromatic N) is 4. The molecule has 0 saturated carbocycles. The SMILES string of the molecule is Cc1cc(N2C(=S)N[C@@H](c3ccccn3)[C@@H]2c2cc(C)n(-c3ccccn3)c2C)ccc1NC(=O)C(C)C. The van der Waals surface area contributed by atoms with Crippen molar-refractivity contribution in [2.24, 2.45) is 5.92 Å². The van der Waals surface area contributed by atoms with Gasteiger partial charge in [-0.15, -0.1) is 0 Å². The average molecular weight is 525 g/mol. The number of aryl methyl sites for hydroxylation is 2. The molecule has 0 radical (unpaired) electrons. The van der Waals surface area contributed by atoms with Crippen LogP contribution >= 0.6 is 12.2 Å². The number of aromatic nitrogens is 3. The van der Waals surface area contributed by atoms with Gasteiger partial charge in [0.15, 0.2) is 5.11 Å². The van der Waals surface area contributed by atoms with Gasteiger partial charge in [-0.25, -0.2) is 4.98 Å². The monoisotopic (exact) mass is 524 g/mol. The van der Waals surface area contributed by atoms with Crippen molar-refractivity contribution < 1.29 is 4.79 Å². The van der Waals surface area contributed by atoms with Gasteiger partial charge in [0, 0.05) is 41.1 Å². The zero-order chi connectivity index (χ0) is 27.0. The van der Waals surface area contributed by atoms with E-state index in [0.29, 0.717) is 5.11 Å². The Kier molecular flexibility index (Phi) is 6.99. The van der Waals surface area contributed by atoms with Crippen LogP contribution in [0.3, 0.4) is 0 Å². The molecule has 194 valence electrons. The Hall–Kier alpha value is -4.04. The number of hydrogen-bond donors (Lipinski definition) is 2. The quantitative estimate of drug-likeness (QED) is 0.303. The van der Waals surface area contributed by atoms with Crippen LogP contribution in [0.25, 0.3) is 5.82 Å². The molecule has 4 aromatic rings. The number of benzene rings is 1. The number of pyridine rings is 2. The molecule has 1 amide bonds. The van der Waals surface area contributed by atoms with E-state index in [1.165, 1.54) is 0 Å². The number of amides is 1. The van der Waals surface area contributed by atoms with Crippen LogP contribution in [0, 0.1) is 26.7 Å². The molecule has 2 N–H and O–H groups in total. The summed E-state index contributed by atoms with van der Waals surface area (Å²) in [5.41, 5.74) is 6.98. The van der Waals surface area contributed by atoms with E-state index in [0.717, 1.165) is 45.4 Å². The second-order valence-corrected chi connectivity index (χ2v) is 10.4. The molecule has 7 nitrogen and oxygen atoms in total. The lowest BCUT2D eigenvalue weighted by Gasteiger charge is -2.29. The lowest BCUT2D eigenvalue weighted by Crippen LogP contribution is -2.29. The minimum absolute atomic E-state index is 0.00531. The summed E-state index contributed by atoms with van der Waals surface area (Å²) in [6.45, 7) is 10.0. The van der Waals surface area contributed by atoms with Crippen LogP contribution in [0.5, 0.6) is 0 Å². The molecular weight excluding hydrogens is 492 g/mol. The largest absolute Gasteiger partial charge is 0.351 e. The minimum atomic E-state index is -0.151. The van der Waals surface area contributed by atoms with E-state index in [2.05, 4.69) is 56.0 Å². The third kappa shape index (κ3) is 4.67. The van der Waals surface area contributed by atoms with Gasteiger partial charge in [-0.2, -0.15) is 0 Å². The predicted molar refractivity (Wildman–Crippen MR) is 156 cm³/mol. The number of carbonyl (C=O) groups excluding carboxylic acids is 1. The van der Waals surface area contributed by atoms with E-state index in [4.69, 9.17) is 12.2 Å². The highest BCUT2D eigenvalue weighted by Gasteiger charge is 2.42. The Labute approximate surface area is 228 Å². The van der Waals surface area contributed by atoms with E-state index in [1.807, 2.05) is 81.7 Å². The fraction of sp³-hybridized carbons (Fsp3) is 0.267. The molecule has 0 bridgehead atoms. The summed E-state index contributed by atoms with van der Waals surface area (Å²) in [7, 11) is 0. The lowest BCUT2D eigenvalue weighted by atomic mass is 9.96. The van der Waals surface area contributed by atoms with Crippen molar-refractivity contribution in [3.63, 3.8) is 0 Å². The van der Waals surface area contributed by atoms with Gasteiger partial charge < -0.3 is 20.1 Å². The molecule has 3 aromatic heterocycles. The van der Waals surface area contributed by atoms with Crippen molar-refractivity contribution >= 4 is 34.6 Å². The third-order valence-electron chi connectivity index (χ3n) is 7.04. The first kappa shape index (κ1) is 25.6. The molecule has 38 heavy (non-hydrogen) atoms. The molecule has 1 aromatic carbocycles. The average Bonchev–Trinajstić information content (AvgIpc) is 3.41. The Morgan fingerprint density at radius 2 is 1.74 bits per heavy atom. The first-order valence-corrected chi connectivity index (χ1v) is 13.2. The van der Waals surface area contributed by atoms with Gasteiger partial charge >= 0.3 is 0 Å². The van der Waals surface area contributed by atoms with Crippen LogP contribution < -0.4 is 15.5 Å². The molecule has 0 spiro atoms. The fourth-order valence-electron chi connectivity index (χ4n) is 5.09. The maximum Gasteiger partial charge on any atom is 0.226 e. The minimum Gasteiger partial charge on any atom is -0.351 e. The Balaban J connectivity index is 1.61. The molecule has 1 aliphatic heterocycles. The maximum atomic E-state index is 12.3. The van der Waals surface area contributed by atoms with Crippen molar-refractivity contribution in [3.8, 4) is 5.82 Å². The molecule has 1 fully saturated rings.